The van der Waals surface area contributed by atoms with E-state index < -0.39 is 83.5 Å². The summed E-state index contributed by atoms with van der Waals surface area (Å²) < 4.78 is 24.6. The molecule has 18 heteroatoms. The number of nitrogens with two attached hydrogens (primary N) is 1. The SMILES string of the molecule is CC[C@H](O)[C@@H](C)[C@H]1O[C@@H]1CC(C)(O)/C=C/C=C(\C)[C@H]1OC(=O)C[C@H](O)CC[C@@](C)(OC)[C@@H](OC(=O)N2CC[N+](CCCC(=O)O)(Cc3ccc(NC(=O)C(C)NC(=O)C(N)C(C)C)cc3)CC2)/C=C/[C@@H]1C. The number of aliphatic hydroxyl groups excluding tert-OH is 2. The Kier molecular flexibility index (Phi) is 21.8. The smallest absolute Gasteiger partial charge is 0.410 e. The van der Waals surface area contributed by atoms with Crippen LogP contribution in [-0.2, 0) is 44.7 Å². The first-order valence-corrected chi connectivity index (χ1v) is 25.3. The fourth-order valence-corrected chi connectivity index (χ4v) is 9.30. The summed E-state index contributed by atoms with van der Waals surface area (Å²) in [5.41, 5.74) is 5.82. The van der Waals surface area contributed by atoms with Gasteiger partial charge in [0.2, 0.25) is 11.8 Å². The zero-order valence-electron chi connectivity index (χ0n) is 43.7. The second-order valence-corrected chi connectivity index (χ2v) is 21.0. The summed E-state index contributed by atoms with van der Waals surface area (Å²) in [7, 11) is 1.52. The van der Waals surface area contributed by atoms with Gasteiger partial charge in [0.15, 0.2) is 6.10 Å². The van der Waals surface area contributed by atoms with Gasteiger partial charge in [0.1, 0.15) is 24.3 Å². The molecule has 0 radical (unpaired) electrons. The molecule has 1 aromatic carbocycles. The number of aliphatic carboxylic acids is 1. The third-order valence-corrected chi connectivity index (χ3v) is 14.5. The van der Waals surface area contributed by atoms with Crippen molar-refractivity contribution in [1.82, 2.24) is 10.2 Å². The van der Waals surface area contributed by atoms with Crippen LogP contribution in [0.1, 0.15) is 113 Å². The largest absolute Gasteiger partial charge is 0.481 e. The van der Waals surface area contributed by atoms with Crippen LogP contribution in [0.4, 0.5) is 10.5 Å². The zero-order chi connectivity index (χ0) is 52.8. The molecule has 2 saturated heterocycles. The standard InChI is InChI=1S/C53H83N5O13/c1-11-41(60)36(6)48-42(69-48)31-52(8,67)23-12-14-34(4)47-35(5)16-21-43(53(9,68-10)24-22-40(59)30-45(63)71-47)70-51(66)57-25-28-58(29-26-57,27-13-15-44(61)62)32-38-17-19-39(20-18-38)56-49(64)37(7)55-50(65)46(54)33(2)3/h12,14,16-21,23,33,35-37,40-43,46-48,59-60,67H,11,13,15,22,24-32,54H2,1-10H3,(H2-,55,56,61,62,64,65)/p+1/b21-16+,23-12+,34-14+/t35-,36+,37?,40+,41-,42+,43-,46?,47+,48+,52?,53+/m0/s1. The first kappa shape index (κ1) is 58.9. The van der Waals surface area contributed by atoms with Gasteiger partial charge >= 0.3 is 18.0 Å². The number of benzene rings is 1. The second kappa shape index (κ2) is 26.3. The Morgan fingerprint density at radius 2 is 1.75 bits per heavy atom. The molecule has 3 heterocycles. The number of cyclic esters (lactones) is 1. The third-order valence-electron chi connectivity index (χ3n) is 14.5. The van der Waals surface area contributed by atoms with Gasteiger partial charge in [-0.15, -0.1) is 0 Å². The van der Waals surface area contributed by atoms with Crippen LogP contribution in [0.2, 0.25) is 0 Å². The number of piperazine rings is 1. The summed E-state index contributed by atoms with van der Waals surface area (Å²) in [4.78, 5) is 65.8. The number of hydrogen-bond donors (Lipinski definition) is 7. The molecular weight excluding hydrogens is 915 g/mol. The van der Waals surface area contributed by atoms with Crippen LogP contribution in [-0.4, -0.2) is 159 Å². The highest BCUT2D eigenvalue weighted by molar-refractivity contribution is 5.97. The lowest BCUT2D eigenvalue weighted by atomic mass is 9.88. The van der Waals surface area contributed by atoms with Gasteiger partial charge in [-0.1, -0.05) is 71.1 Å². The Hall–Kier alpha value is -4.69. The molecule has 3 unspecified atom stereocenters. The number of nitrogens with one attached hydrogen (secondary N) is 2. The van der Waals surface area contributed by atoms with E-state index in [1.54, 1.807) is 62.1 Å². The van der Waals surface area contributed by atoms with E-state index in [1.165, 1.54) is 7.11 Å². The number of methoxy groups -OCH3 is 1. The van der Waals surface area contributed by atoms with E-state index in [0.29, 0.717) is 74.3 Å². The van der Waals surface area contributed by atoms with Crippen molar-refractivity contribution in [3.8, 4) is 0 Å². The van der Waals surface area contributed by atoms with E-state index in [0.717, 1.165) is 5.56 Å². The number of carbonyl (C=O) groups excluding carboxylic acids is 4. The molecule has 0 spiro atoms. The molecule has 1 aromatic rings. The van der Waals surface area contributed by atoms with Crippen LogP contribution < -0.4 is 16.4 Å². The first-order valence-electron chi connectivity index (χ1n) is 25.3. The fourth-order valence-electron chi connectivity index (χ4n) is 9.30. The van der Waals surface area contributed by atoms with E-state index in [9.17, 15) is 44.4 Å². The highest BCUT2D eigenvalue weighted by atomic mass is 16.6. The van der Waals surface area contributed by atoms with Crippen LogP contribution in [0, 0.1) is 17.8 Å². The van der Waals surface area contributed by atoms with Crippen LogP contribution in [0.15, 0.2) is 60.2 Å². The van der Waals surface area contributed by atoms with Crippen LogP contribution in [0.5, 0.6) is 0 Å². The molecule has 4 rings (SSSR count). The lowest BCUT2D eigenvalue weighted by Crippen LogP contribution is -2.60. The summed E-state index contributed by atoms with van der Waals surface area (Å²) in [6.45, 7) is 19.1. The second-order valence-electron chi connectivity index (χ2n) is 21.0. The van der Waals surface area contributed by atoms with Crippen molar-refractivity contribution in [2.75, 3.05) is 45.2 Å². The van der Waals surface area contributed by atoms with Gasteiger partial charge < -0.3 is 60.2 Å². The Bertz CT molecular complexity index is 2030. The number of aliphatic hydroxyl groups is 3. The predicted octanol–water partition coefficient (Wildman–Crippen LogP) is 4.99. The van der Waals surface area contributed by atoms with Gasteiger partial charge in [0.25, 0.3) is 0 Å². The van der Waals surface area contributed by atoms with Crippen molar-refractivity contribution in [3.63, 3.8) is 0 Å². The fraction of sp³-hybridized carbons (Fsp3) is 0.679. The number of carbonyl (C=O) groups is 5. The quantitative estimate of drug-likeness (QED) is 0.0282. The normalized spacial score (nSPS) is 28.2. The van der Waals surface area contributed by atoms with Crippen molar-refractivity contribution in [3.05, 3.63) is 65.8 Å². The average Bonchev–Trinajstić information content (AvgIpc) is 4.08. The monoisotopic (exact) mass is 999 g/mol. The summed E-state index contributed by atoms with van der Waals surface area (Å²) in [6, 6.07) is 5.82. The van der Waals surface area contributed by atoms with Crippen molar-refractivity contribution in [1.29, 1.82) is 0 Å². The molecule has 3 aliphatic rings. The molecular formula is C53H84N5O13+. The highest BCUT2D eigenvalue weighted by Crippen LogP contribution is 2.38. The number of nitrogens with zero attached hydrogens (tertiary/aromatic N) is 2. The highest BCUT2D eigenvalue weighted by Gasteiger charge is 2.47. The van der Waals surface area contributed by atoms with Crippen molar-refractivity contribution in [2.24, 2.45) is 23.5 Å². The number of anilines is 1. The molecule has 398 valence electrons. The maximum Gasteiger partial charge on any atom is 0.410 e. The number of allylic oxidation sites excluding steroid dienone is 2. The van der Waals surface area contributed by atoms with Gasteiger partial charge in [0, 0.05) is 43.0 Å². The number of amides is 3. The molecule has 18 nitrogen and oxygen atoms in total. The molecule has 0 aliphatic carbocycles. The number of carboxylic acids is 1. The van der Waals surface area contributed by atoms with Gasteiger partial charge in [-0.25, -0.2) is 4.79 Å². The van der Waals surface area contributed by atoms with Gasteiger partial charge in [-0.2, -0.15) is 0 Å². The molecule has 0 saturated carbocycles. The Balaban J connectivity index is 1.46. The van der Waals surface area contributed by atoms with Crippen LogP contribution in [0.25, 0.3) is 0 Å². The Morgan fingerprint density at radius 1 is 1.08 bits per heavy atom. The van der Waals surface area contributed by atoms with Crippen molar-refractivity contribution in [2.45, 2.75) is 174 Å². The van der Waals surface area contributed by atoms with Crippen molar-refractivity contribution >= 4 is 35.5 Å². The summed E-state index contributed by atoms with van der Waals surface area (Å²) in [5, 5.41) is 47.4. The lowest BCUT2D eigenvalue weighted by molar-refractivity contribution is -0.944. The summed E-state index contributed by atoms with van der Waals surface area (Å²) >= 11 is 0. The minimum atomic E-state index is -1.21. The third kappa shape index (κ3) is 17.8. The number of esters is 1. The van der Waals surface area contributed by atoms with E-state index in [-0.39, 0.29) is 49.7 Å². The predicted molar refractivity (Wildman–Crippen MR) is 268 cm³/mol. The molecule has 12 atom stereocenters. The van der Waals surface area contributed by atoms with Gasteiger partial charge in [0.05, 0.1) is 81.6 Å². The summed E-state index contributed by atoms with van der Waals surface area (Å²) in [5.74, 6) is -2.82. The minimum absolute atomic E-state index is 0.000714. The number of epoxide rings is 1. The van der Waals surface area contributed by atoms with E-state index in [4.69, 9.17) is 24.7 Å². The topological polar surface area (TPSA) is 260 Å². The Labute approximate surface area is 420 Å². The summed E-state index contributed by atoms with van der Waals surface area (Å²) in [6.07, 6.45) is 6.24. The number of rotatable bonds is 21. The van der Waals surface area contributed by atoms with Gasteiger partial charge in [-0.05, 0) is 76.7 Å². The number of carboxylic acid groups (broad SMARTS) is 1. The first-order chi connectivity index (χ1) is 33.3. The van der Waals surface area contributed by atoms with E-state index in [2.05, 4.69) is 10.6 Å². The minimum Gasteiger partial charge on any atom is -0.481 e. The molecule has 3 aliphatic heterocycles. The molecule has 2 fully saturated rings. The maximum atomic E-state index is 14.1. The van der Waals surface area contributed by atoms with E-state index in [1.807, 2.05) is 59.8 Å². The molecule has 0 bridgehead atoms. The number of ether oxygens (including phenoxy) is 4. The van der Waals surface area contributed by atoms with Gasteiger partial charge in [-0.3, -0.25) is 24.1 Å². The van der Waals surface area contributed by atoms with Crippen LogP contribution in [0.3, 0.4) is 0 Å². The number of quaternary nitrogens is 1. The van der Waals surface area contributed by atoms with E-state index >= 15 is 0 Å². The Morgan fingerprint density at radius 3 is 2.35 bits per heavy atom. The molecule has 8 N–H and O–H groups in total. The lowest BCUT2D eigenvalue weighted by Gasteiger charge is -2.45. The molecule has 0 aromatic heterocycles. The maximum absolute atomic E-state index is 14.1. The number of hydrogen-bond acceptors (Lipinski definition) is 13. The van der Waals surface area contributed by atoms with Crippen molar-refractivity contribution < 1.29 is 67.8 Å². The zero-order valence-corrected chi connectivity index (χ0v) is 43.7. The molecule has 71 heavy (non-hydrogen) atoms. The average molecular weight is 999 g/mol. The molecule has 3 amide bonds. The van der Waals surface area contributed by atoms with Crippen LogP contribution >= 0.6 is 0 Å².